The van der Waals surface area contributed by atoms with E-state index in [0.717, 1.165) is 38.9 Å². The lowest BCUT2D eigenvalue weighted by Gasteiger charge is -2.24. The summed E-state index contributed by atoms with van der Waals surface area (Å²) in [5.74, 6) is 0.655. The molecule has 0 aromatic heterocycles. The molecule has 2 rings (SSSR count). The summed E-state index contributed by atoms with van der Waals surface area (Å²) in [4.78, 5) is 26.7. The number of rotatable bonds is 4. The number of amides is 2. The second-order valence-electron chi connectivity index (χ2n) is 5.03. The van der Waals surface area contributed by atoms with Gasteiger partial charge in [0.25, 0.3) is 0 Å². The first-order chi connectivity index (χ1) is 8.11. The lowest BCUT2D eigenvalue weighted by molar-refractivity contribution is -0.130. The molecule has 1 aliphatic heterocycles. The lowest BCUT2D eigenvalue weighted by Crippen LogP contribution is -2.37. The summed E-state index contributed by atoms with van der Waals surface area (Å²) in [5, 5.41) is 0. The van der Waals surface area contributed by atoms with Crippen LogP contribution in [0.1, 0.15) is 26.2 Å². The smallest absolute Gasteiger partial charge is 0.237 e. The second-order valence-corrected chi connectivity index (χ2v) is 5.30. The standard InChI is InChI=1S/C12H19ClN2O2/c1-9(16)15(11-2-3-11)8-10-4-5-14(7-10)12(17)6-13/h10-11H,2-8H2,1H3/t10-/m1/s1. The molecule has 2 aliphatic rings. The van der Waals surface area contributed by atoms with Crippen molar-refractivity contribution < 1.29 is 9.59 Å². The zero-order valence-electron chi connectivity index (χ0n) is 10.2. The van der Waals surface area contributed by atoms with Crippen LogP contribution in [-0.4, -0.2) is 53.2 Å². The second kappa shape index (κ2) is 5.25. The number of carbonyl (C=O) groups excluding carboxylic acids is 2. The average Bonchev–Trinajstić information content (AvgIpc) is 3.03. The first-order valence-corrected chi connectivity index (χ1v) is 6.76. The molecule has 0 radical (unpaired) electrons. The van der Waals surface area contributed by atoms with Gasteiger partial charge in [-0.2, -0.15) is 0 Å². The van der Waals surface area contributed by atoms with Crippen molar-refractivity contribution in [3.63, 3.8) is 0 Å². The zero-order chi connectivity index (χ0) is 12.4. The van der Waals surface area contributed by atoms with Crippen LogP contribution in [0.4, 0.5) is 0 Å². The molecule has 1 saturated carbocycles. The van der Waals surface area contributed by atoms with Crippen molar-refractivity contribution in [2.75, 3.05) is 25.5 Å². The van der Waals surface area contributed by atoms with Crippen LogP contribution in [0.15, 0.2) is 0 Å². The van der Waals surface area contributed by atoms with Crippen molar-refractivity contribution in [2.24, 2.45) is 5.92 Å². The Morgan fingerprint density at radius 2 is 2.06 bits per heavy atom. The summed E-state index contributed by atoms with van der Waals surface area (Å²) in [6.45, 7) is 3.97. The van der Waals surface area contributed by atoms with Crippen LogP contribution in [0.3, 0.4) is 0 Å². The number of hydrogen-bond acceptors (Lipinski definition) is 2. The molecular weight excluding hydrogens is 240 g/mol. The minimum atomic E-state index is 0.00923. The van der Waals surface area contributed by atoms with Gasteiger partial charge in [-0.3, -0.25) is 9.59 Å². The maximum absolute atomic E-state index is 11.5. The van der Waals surface area contributed by atoms with Gasteiger partial charge in [0.1, 0.15) is 5.88 Å². The van der Waals surface area contributed by atoms with Crippen LogP contribution in [0.25, 0.3) is 0 Å². The molecule has 1 saturated heterocycles. The third-order valence-corrected chi connectivity index (χ3v) is 3.83. The van der Waals surface area contributed by atoms with Gasteiger partial charge in [-0.1, -0.05) is 0 Å². The minimum Gasteiger partial charge on any atom is -0.341 e. The fraction of sp³-hybridized carbons (Fsp3) is 0.833. The molecule has 96 valence electrons. The Morgan fingerprint density at radius 1 is 1.35 bits per heavy atom. The number of alkyl halides is 1. The number of carbonyl (C=O) groups is 2. The van der Waals surface area contributed by atoms with Crippen molar-refractivity contribution >= 4 is 23.4 Å². The van der Waals surface area contributed by atoms with E-state index in [1.54, 1.807) is 6.92 Å². The molecule has 1 aliphatic carbocycles. The molecule has 0 bridgehead atoms. The number of nitrogens with zero attached hydrogens (tertiary/aromatic N) is 2. The molecule has 4 nitrogen and oxygen atoms in total. The quantitative estimate of drug-likeness (QED) is 0.708. The molecule has 2 fully saturated rings. The highest BCUT2D eigenvalue weighted by Crippen LogP contribution is 2.29. The summed E-state index contributed by atoms with van der Waals surface area (Å²) in [7, 11) is 0. The Kier molecular flexibility index (Phi) is 3.92. The molecule has 0 aromatic carbocycles. The van der Waals surface area contributed by atoms with Gasteiger partial charge in [0.05, 0.1) is 0 Å². The topological polar surface area (TPSA) is 40.6 Å². The molecule has 0 N–H and O–H groups in total. The Hall–Kier alpha value is -0.770. The first kappa shape index (κ1) is 12.7. The monoisotopic (exact) mass is 258 g/mol. The molecule has 2 amide bonds. The molecule has 5 heteroatoms. The van der Waals surface area contributed by atoms with Crippen LogP contribution in [0.5, 0.6) is 0 Å². The highest BCUT2D eigenvalue weighted by atomic mass is 35.5. The average molecular weight is 259 g/mol. The van der Waals surface area contributed by atoms with Gasteiger partial charge >= 0.3 is 0 Å². The van der Waals surface area contributed by atoms with E-state index in [1.807, 2.05) is 9.80 Å². The van der Waals surface area contributed by atoms with Crippen LogP contribution >= 0.6 is 11.6 Å². The van der Waals surface area contributed by atoms with Crippen LogP contribution in [-0.2, 0) is 9.59 Å². The Labute approximate surface area is 107 Å². The Bertz CT molecular complexity index is 318. The summed E-state index contributed by atoms with van der Waals surface area (Å²) < 4.78 is 0. The molecule has 1 atom stereocenters. The number of likely N-dealkylation sites (tertiary alicyclic amines) is 1. The SMILES string of the molecule is CC(=O)N(C[C@@H]1CCN(C(=O)CCl)C1)C1CC1. The maximum atomic E-state index is 11.5. The largest absolute Gasteiger partial charge is 0.341 e. The molecule has 1 heterocycles. The Morgan fingerprint density at radius 3 is 2.59 bits per heavy atom. The van der Waals surface area contributed by atoms with Gasteiger partial charge in [0.15, 0.2) is 0 Å². The predicted octanol–water partition coefficient (Wildman–Crippen LogP) is 1.08. The summed E-state index contributed by atoms with van der Waals surface area (Å²) in [6, 6.07) is 0.463. The molecule has 17 heavy (non-hydrogen) atoms. The molecular formula is C12H19ClN2O2. The van der Waals surface area contributed by atoms with E-state index < -0.39 is 0 Å². The van der Waals surface area contributed by atoms with E-state index in [-0.39, 0.29) is 17.7 Å². The van der Waals surface area contributed by atoms with Crippen molar-refractivity contribution in [3.8, 4) is 0 Å². The first-order valence-electron chi connectivity index (χ1n) is 6.22. The van der Waals surface area contributed by atoms with Gasteiger partial charge in [-0.25, -0.2) is 0 Å². The molecule has 0 spiro atoms. The van der Waals surface area contributed by atoms with Crippen LogP contribution in [0, 0.1) is 5.92 Å². The molecule has 0 aromatic rings. The normalized spacial score (nSPS) is 23.9. The number of hydrogen-bond donors (Lipinski definition) is 0. The molecule has 0 unspecified atom stereocenters. The third kappa shape index (κ3) is 3.12. The van der Waals surface area contributed by atoms with Crippen LogP contribution < -0.4 is 0 Å². The number of halogens is 1. The summed E-state index contributed by atoms with van der Waals surface area (Å²) >= 11 is 5.54. The third-order valence-electron chi connectivity index (χ3n) is 3.60. The van der Waals surface area contributed by atoms with Gasteiger partial charge in [0, 0.05) is 32.6 Å². The van der Waals surface area contributed by atoms with E-state index in [9.17, 15) is 9.59 Å². The fourth-order valence-electron chi connectivity index (χ4n) is 2.49. The van der Waals surface area contributed by atoms with Crippen molar-refractivity contribution in [1.82, 2.24) is 9.80 Å². The minimum absolute atomic E-state index is 0.00923. The Balaban J connectivity index is 1.84. The summed E-state index contributed by atoms with van der Waals surface area (Å²) in [5.41, 5.74) is 0. The van der Waals surface area contributed by atoms with Crippen molar-refractivity contribution in [3.05, 3.63) is 0 Å². The summed E-state index contributed by atoms with van der Waals surface area (Å²) in [6.07, 6.45) is 3.26. The van der Waals surface area contributed by atoms with Crippen molar-refractivity contribution in [2.45, 2.75) is 32.2 Å². The lowest BCUT2D eigenvalue weighted by atomic mass is 10.1. The van der Waals surface area contributed by atoms with E-state index in [1.165, 1.54) is 0 Å². The predicted molar refractivity (Wildman–Crippen MR) is 65.8 cm³/mol. The highest BCUT2D eigenvalue weighted by Gasteiger charge is 2.34. The van der Waals surface area contributed by atoms with E-state index in [0.29, 0.717) is 12.0 Å². The van der Waals surface area contributed by atoms with Gasteiger partial charge < -0.3 is 9.80 Å². The van der Waals surface area contributed by atoms with E-state index >= 15 is 0 Å². The van der Waals surface area contributed by atoms with Crippen molar-refractivity contribution in [1.29, 1.82) is 0 Å². The van der Waals surface area contributed by atoms with E-state index in [2.05, 4.69) is 0 Å². The van der Waals surface area contributed by atoms with E-state index in [4.69, 9.17) is 11.6 Å². The van der Waals surface area contributed by atoms with Crippen LogP contribution in [0.2, 0.25) is 0 Å². The van der Waals surface area contributed by atoms with Gasteiger partial charge in [-0.15, -0.1) is 11.6 Å². The van der Waals surface area contributed by atoms with Gasteiger partial charge in [0.2, 0.25) is 11.8 Å². The maximum Gasteiger partial charge on any atom is 0.237 e. The fourth-order valence-corrected chi connectivity index (χ4v) is 2.66. The highest BCUT2D eigenvalue weighted by molar-refractivity contribution is 6.27. The zero-order valence-corrected chi connectivity index (χ0v) is 10.9. The van der Waals surface area contributed by atoms with Gasteiger partial charge in [-0.05, 0) is 25.2 Å².